The van der Waals surface area contributed by atoms with Gasteiger partial charge in [0.05, 0.1) is 0 Å². The summed E-state index contributed by atoms with van der Waals surface area (Å²) in [5, 5.41) is 2.88. The third-order valence-electron chi connectivity index (χ3n) is 14.1. The summed E-state index contributed by atoms with van der Waals surface area (Å²) in [6.45, 7) is 30.3. The molecule has 3 aliphatic rings. The molecule has 6 aromatic rings. The minimum absolute atomic E-state index is 0.0865. The van der Waals surface area contributed by atoms with E-state index in [-0.39, 0.29) is 16.2 Å². The van der Waals surface area contributed by atoms with E-state index in [0.29, 0.717) is 5.92 Å². The minimum atomic E-state index is -0.178. The quantitative estimate of drug-likeness (QED) is 0.169. The number of aryl methyl sites for hydroxylation is 1. The highest BCUT2D eigenvalue weighted by Crippen LogP contribution is 2.54. The number of allylic oxidation sites excluding steroid dienone is 3. The molecule has 0 aliphatic heterocycles. The Hall–Kier alpha value is -5.14. The van der Waals surface area contributed by atoms with Crippen molar-refractivity contribution in [3.8, 4) is 22.3 Å². The number of benzene rings is 6. The Morgan fingerprint density at radius 1 is 0.655 bits per heavy atom. The van der Waals surface area contributed by atoms with E-state index in [1.165, 1.54) is 117 Å². The lowest BCUT2D eigenvalue weighted by Gasteiger charge is -2.33. The van der Waals surface area contributed by atoms with Gasteiger partial charge in [-0.1, -0.05) is 142 Å². The van der Waals surface area contributed by atoms with E-state index in [1.54, 1.807) is 0 Å². The standard InChI is InChI=1S/C57H61N/c1-33(2)37-14-20-43(21-15-37)58(51-27-19-41(28-34(51)3)55(6,7)8)44-22-26-47-46-24-17-40(31-49(46)57(12,13)50(47)32-44)52-36(5)35(4)45-23-16-38-29-42(56(9,10)11)30-39-18-25-48(52)54(45)53(38)39/h14-22,24-28,30-33H,23,29H2,1-13H3. The van der Waals surface area contributed by atoms with Gasteiger partial charge in [-0.05, 0) is 181 Å². The first kappa shape index (κ1) is 38.4. The Morgan fingerprint density at radius 3 is 1.98 bits per heavy atom. The maximum absolute atomic E-state index is 2.53. The van der Waals surface area contributed by atoms with Crippen molar-refractivity contribution in [3.05, 3.63) is 158 Å². The monoisotopic (exact) mass is 759 g/mol. The van der Waals surface area contributed by atoms with Crippen LogP contribution in [0.1, 0.15) is 137 Å². The Kier molecular flexibility index (Phi) is 8.73. The molecule has 1 nitrogen and oxygen atoms in total. The SMILES string of the molecule is Cc1cc(C(C)(C)C)ccc1N(c1ccc(C(C)C)cc1)c1ccc2c(c1)C(C)(C)c1cc(-c3c(C)c(C)c4c5c6c(ccc35)C=C(C(C)(C)C)CC6=CC4)ccc1-2. The van der Waals surface area contributed by atoms with Gasteiger partial charge < -0.3 is 4.90 Å². The molecule has 6 aromatic carbocycles. The number of anilines is 3. The highest BCUT2D eigenvalue weighted by molar-refractivity contribution is 6.10. The number of rotatable bonds is 5. The van der Waals surface area contributed by atoms with Crippen LogP contribution in [0.5, 0.6) is 0 Å². The van der Waals surface area contributed by atoms with Crippen molar-refractivity contribution in [3.63, 3.8) is 0 Å². The zero-order valence-electron chi connectivity index (χ0n) is 37.3. The lowest BCUT2D eigenvalue weighted by atomic mass is 9.71. The van der Waals surface area contributed by atoms with Crippen molar-refractivity contribution in [2.24, 2.45) is 5.41 Å². The maximum atomic E-state index is 2.53. The van der Waals surface area contributed by atoms with Crippen LogP contribution in [0, 0.1) is 26.2 Å². The smallest absolute Gasteiger partial charge is 0.0490 e. The molecule has 294 valence electrons. The predicted octanol–water partition coefficient (Wildman–Crippen LogP) is 16.4. The van der Waals surface area contributed by atoms with Crippen LogP contribution in [-0.4, -0.2) is 0 Å². The minimum Gasteiger partial charge on any atom is -0.310 e. The van der Waals surface area contributed by atoms with Gasteiger partial charge in [0.2, 0.25) is 0 Å². The van der Waals surface area contributed by atoms with Crippen LogP contribution in [0.2, 0.25) is 0 Å². The fraction of sp³-hybridized carbons (Fsp3) is 0.333. The number of fused-ring (bicyclic) bond motifs is 3. The van der Waals surface area contributed by atoms with E-state index in [9.17, 15) is 0 Å². The fourth-order valence-electron chi connectivity index (χ4n) is 10.3. The second kappa shape index (κ2) is 13.2. The molecule has 0 unspecified atom stereocenters. The summed E-state index contributed by atoms with van der Waals surface area (Å²) in [5.74, 6) is 0.485. The summed E-state index contributed by atoms with van der Waals surface area (Å²) >= 11 is 0. The van der Waals surface area contributed by atoms with Gasteiger partial charge in [-0.25, -0.2) is 0 Å². The molecule has 0 atom stereocenters. The summed E-state index contributed by atoms with van der Waals surface area (Å²) < 4.78 is 0. The Balaban J connectivity index is 1.17. The van der Waals surface area contributed by atoms with Crippen molar-refractivity contribution >= 4 is 39.5 Å². The Morgan fingerprint density at radius 2 is 1.33 bits per heavy atom. The molecule has 0 fully saturated rings. The zero-order valence-corrected chi connectivity index (χ0v) is 37.3. The summed E-state index contributed by atoms with van der Waals surface area (Å²) in [6, 6.07) is 35.7. The van der Waals surface area contributed by atoms with Gasteiger partial charge in [0.1, 0.15) is 0 Å². The van der Waals surface area contributed by atoms with Gasteiger partial charge in [-0.3, -0.25) is 0 Å². The second-order valence-corrected chi connectivity index (χ2v) is 20.5. The molecule has 0 spiro atoms. The highest BCUT2D eigenvalue weighted by Gasteiger charge is 2.37. The van der Waals surface area contributed by atoms with E-state index >= 15 is 0 Å². The average molecular weight is 760 g/mol. The lowest BCUT2D eigenvalue weighted by molar-refractivity contribution is 0.498. The highest BCUT2D eigenvalue weighted by atomic mass is 15.1. The summed E-state index contributed by atoms with van der Waals surface area (Å²) in [6.07, 6.45) is 7.08. The first-order valence-corrected chi connectivity index (χ1v) is 21.6. The predicted molar refractivity (Wildman–Crippen MR) is 252 cm³/mol. The van der Waals surface area contributed by atoms with Gasteiger partial charge in [0.25, 0.3) is 0 Å². The number of hydrogen-bond acceptors (Lipinski definition) is 1. The van der Waals surface area contributed by atoms with E-state index in [1.807, 2.05) is 0 Å². The van der Waals surface area contributed by atoms with E-state index in [4.69, 9.17) is 0 Å². The molecule has 3 aliphatic carbocycles. The molecular formula is C57H61N. The third kappa shape index (κ3) is 5.94. The summed E-state index contributed by atoms with van der Waals surface area (Å²) in [5.41, 5.74) is 26.2. The lowest BCUT2D eigenvalue weighted by Crippen LogP contribution is -2.17. The Labute approximate surface area is 348 Å². The topological polar surface area (TPSA) is 3.24 Å². The number of hydrogen-bond donors (Lipinski definition) is 0. The normalized spacial score (nSPS) is 15.3. The van der Waals surface area contributed by atoms with E-state index in [2.05, 4.69) is 198 Å². The molecule has 0 heterocycles. The van der Waals surface area contributed by atoms with Crippen molar-refractivity contribution in [1.29, 1.82) is 0 Å². The largest absolute Gasteiger partial charge is 0.310 e. The second-order valence-electron chi connectivity index (χ2n) is 20.5. The molecule has 0 bridgehead atoms. The molecule has 0 saturated carbocycles. The van der Waals surface area contributed by atoms with Crippen LogP contribution in [0.25, 0.3) is 44.7 Å². The average Bonchev–Trinajstić information content (AvgIpc) is 3.40. The first-order valence-electron chi connectivity index (χ1n) is 21.6. The van der Waals surface area contributed by atoms with E-state index in [0.717, 1.165) is 12.8 Å². The molecular weight excluding hydrogens is 699 g/mol. The first-order chi connectivity index (χ1) is 27.3. The van der Waals surface area contributed by atoms with Crippen LogP contribution < -0.4 is 4.90 Å². The van der Waals surface area contributed by atoms with E-state index < -0.39 is 0 Å². The van der Waals surface area contributed by atoms with Crippen molar-refractivity contribution in [2.45, 2.75) is 120 Å². The molecule has 58 heavy (non-hydrogen) atoms. The van der Waals surface area contributed by atoms with Crippen LogP contribution in [0.3, 0.4) is 0 Å². The van der Waals surface area contributed by atoms with Crippen LogP contribution >= 0.6 is 0 Å². The van der Waals surface area contributed by atoms with Crippen molar-refractivity contribution < 1.29 is 0 Å². The summed E-state index contributed by atoms with van der Waals surface area (Å²) in [7, 11) is 0. The third-order valence-corrected chi connectivity index (χ3v) is 14.1. The van der Waals surface area contributed by atoms with Gasteiger partial charge in [-0.15, -0.1) is 0 Å². The van der Waals surface area contributed by atoms with Crippen LogP contribution in [0.15, 0.2) is 103 Å². The Bertz CT molecular complexity index is 2750. The number of nitrogens with zero attached hydrogens (tertiary/aromatic N) is 1. The molecule has 1 heteroatoms. The molecule has 0 saturated heterocycles. The molecule has 0 aromatic heterocycles. The molecule has 0 amide bonds. The van der Waals surface area contributed by atoms with Crippen molar-refractivity contribution in [1.82, 2.24) is 0 Å². The molecule has 0 N–H and O–H groups in total. The maximum Gasteiger partial charge on any atom is 0.0490 e. The van der Waals surface area contributed by atoms with Gasteiger partial charge in [-0.2, -0.15) is 0 Å². The van der Waals surface area contributed by atoms with Crippen LogP contribution in [0.4, 0.5) is 17.1 Å². The zero-order chi connectivity index (χ0) is 41.2. The van der Waals surface area contributed by atoms with Gasteiger partial charge in [0, 0.05) is 22.5 Å². The fourth-order valence-corrected chi connectivity index (χ4v) is 10.3. The molecule has 9 rings (SSSR count). The summed E-state index contributed by atoms with van der Waals surface area (Å²) in [4.78, 5) is 2.48. The van der Waals surface area contributed by atoms with Crippen molar-refractivity contribution in [2.75, 3.05) is 4.90 Å². The van der Waals surface area contributed by atoms with Gasteiger partial charge >= 0.3 is 0 Å². The van der Waals surface area contributed by atoms with Crippen LogP contribution in [-0.2, 0) is 17.3 Å². The van der Waals surface area contributed by atoms with Gasteiger partial charge in [0.15, 0.2) is 0 Å². The molecule has 0 radical (unpaired) electrons.